The summed E-state index contributed by atoms with van der Waals surface area (Å²) in [7, 11) is 0. The Morgan fingerprint density at radius 1 is 1.10 bits per heavy atom. The molecule has 4 rings (SSSR count). The summed E-state index contributed by atoms with van der Waals surface area (Å²) < 4.78 is 6.33. The van der Waals surface area contributed by atoms with Gasteiger partial charge in [-0.05, 0) is 92.6 Å². The first-order valence-corrected chi connectivity index (χ1v) is 13.0. The number of halogens is 1. The molecular weight excluding hydrogens is 509 g/mol. The van der Waals surface area contributed by atoms with Crippen LogP contribution >= 0.6 is 33.9 Å². The van der Waals surface area contributed by atoms with Gasteiger partial charge < -0.3 is 14.5 Å². The van der Waals surface area contributed by atoms with E-state index in [4.69, 9.17) is 4.74 Å². The molecule has 0 bridgehead atoms. The zero-order valence-corrected chi connectivity index (χ0v) is 20.6. The predicted molar refractivity (Wildman–Crippen MR) is 130 cm³/mol. The van der Waals surface area contributed by atoms with Gasteiger partial charge in [0, 0.05) is 24.7 Å². The maximum atomic E-state index is 13.2. The lowest BCUT2D eigenvalue weighted by Gasteiger charge is -2.38. The van der Waals surface area contributed by atoms with Crippen LogP contribution in [0.5, 0.6) is 5.75 Å². The Morgan fingerprint density at radius 2 is 1.77 bits per heavy atom. The van der Waals surface area contributed by atoms with Gasteiger partial charge in [0.15, 0.2) is 0 Å². The fourth-order valence-corrected chi connectivity index (χ4v) is 6.35. The summed E-state index contributed by atoms with van der Waals surface area (Å²) in [6, 6.07) is 8.60. The van der Waals surface area contributed by atoms with E-state index in [-0.39, 0.29) is 5.91 Å². The molecule has 0 atom stereocenters. The van der Waals surface area contributed by atoms with Crippen molar-refractivity contribution >= 4 is 39.8 Å². The molecule has 5 nitrogen and oxygen atoms in total. The van der Waals surface area contributed by atoms with Crippen LogP contribution in [0.2, 0.25) is 0 Å². The van der Waals surface area contributed by atoms with Crippen LogP contribution in [0.4, 0.5) is 0 Å². The fourth-order valence-electron chi connectivity index (χ4n) is 4.46. The molecule has 1 aromatic carbocycles. The van der Waals surface area contributed by atoms with Crippen molar-refractivity contribution in [3.05, 3.63) is 32.8 Å². The second-order valence-electron chi connectivity index (χ2n) is 8.07. The highest BCUT2D eigenvalue weighted by atomic mass is 127. The third-order valence-electron chi connectivity index (χ3n) is 6.10. The van der Waals surface area contributed by atoms with Crippen molar-refractivity contribution < 1.29 is 9.53 Å². The zero-order chi connectivity index (χ0) is 20.9. The number of carbonyl (C=O) groups is 1. The molecule has 7 heteroatoms. The highest BCUT2D eigenvalue weighted by Crippen LogP contribution is 2.32. The molecule has 0 saturated carbocycles. The molecule has 2 saturated heterocycles. The molecule has 0 N–H and O–H groups in total. The molecule has 0 unspecified atom stereocenters. The largest absolute Gasteiger partial charge is 0.494 e. The van der Waals surface area contributed by atoms with E-state index in [1.54, 1.807) is 0 Å². The number of piperidine rings is 1. The van der Waals surface area contributed by atoms with Crippen LogP contribution in [-0.4, -0.2) is 59.5 Å². The number of benzene rings is 1. The summed E-state index contributed by atoms with van der Waals surface area (Å²) in [6.45, 7) is 6.81. The van der Waals surface area contributed by atoms with Crippen LogP contribution in [-0.2, 0) is 0 Å². The predicted octanol–water partition coefficient (Wildman–Crippen LogP) is 5.29. The number of nitrogens with zero attached hydrogens (tertiary/aromatic N) is 3. The monoisotopic (exact) mass is 539 g/mol. The van der Waals surface area contributed by atoms with E-state index in [9.17, 15) is 4.79 Å². The molecule has 0 radical (unpaired) electrons. The molecule has 2 fully saturated rings. The summed E-state index contributed by atoms with van der Waals surface area (Å²) in [5.74, 6) is 1.000. The first-order valence-electron chi connectivity index (χ1n) is 11.1. The zero-order valence-electron chi connectivity index (χ0n) is 17.6. The highest BCUT2D eigenvalue weighted by Gasteiger charge is 2.29. The molecule has 30 heavy (non-hydrogen) atoms. The second kappa shape index (κ2) is 10.4. The minimum absolute atomic E-state index is 0.142. The summed E-state index contributed by atoms with van der Waals surface area (Å²) in [5.41, 5.74) is 1.03. The van der Waals surface area contributed by atoms with Gasteiger partial charge in [0.2, 0.25) is 0 Å². The van der Waals surface area contributed by atoms with Crippen LogP contribution in [0.1, 0.15) is 55.1 Å². The van der Waals surface area contributed by atoms with Crippen molar-refractivity contribution in [3.8, 4) is 16.3 Å². The van der Waals surface area contributed by atoms with Gasteiger partial charge in [-0.3, -0.25) is 4.79 Å². The number of amides is 1. The molecule has 0 aliphatic carbocycles. The van der Waals surface area contributed by atoms with Crippen LogP contribution in [0.15, 0.2) is 24.3 Å². The van der Waals surface area contributed by atoms with Gasteiger partial charge >= 0.3 is 0 Å². The van der Waals surface area contributed by atoms with Gasteiger partial charge in [0.05, 0.1) is 6.61 Å². The maximum Gasteiger partial charge on any atom is 0.266 e. The second-order valence-corrected chi connectivity index (χ2v) is 10.1. The Labute approximate surface area is 197 Å². The summed E-state index contributed by atoms with van der Waals surface area (Å²) in [5, 5.41) is 0.894. The molecule has 3 heterocycles. The molecule has 1 aromatic heterocycles. The van der Waals surface area contributed by atoms with E-state index in [0.717, 1.165) is 50.8 Å². The number of ether oxygens (including phenoxy) is 1. The number of likely N-dealkylation sites (tertiary alicyclic amines) is 2. The quantitative estimate of drug-likeness (QED) is 0.485. The van der Waals surface area contributed by atoms with E-state index < -0.39 is 0 Å². The molecule has 162 valence electrons. The Morgan fingerprint density at radius 3 is 2.40 bits per heavy atom. The fraction of sp³-hybridized carbons (Fsp3) is 0.565. The highest BCUT2D eigenvalue weighted by molar-refractivity contribution is 14.1. The third kappa shape index (κ3) is 5.16. The van der Waals surface area contributed by atoms with E-state index in [2.05, 4.69) is 32.5 Å². The number of hydrogen-bond donors (Lipinski definition) is 0. The standard InChI is InChI=1S/C23H30IN3O2S/c1-2-29-19-9-7-17(8-10-19)22-25-21(24)20(30-22)23(28)27-15-11-18(12-16-27)26-13-5-3-4-6-14-26/h7-10,18H,2-6,11-16H2,1H3. The van der Waals surface area contributed by atoms with E-state index >= 15 is 0 Å². The van der Waals surface area contributed by atoms with Crippen molar-refractivity contribution in [3.63, 3.8) is 0 Å². The Balaban J connectivity index is 1.39. The number of aromatic nitrogens is 1. The van der Waals surface area contributed by atoms with Crippen LogP contribution in [0, 0.1) is 3.70 Å². The lowest BCUT2D eigenvalue weighted by molar-refractivity contribution is 0.0626. The van der Waals surface area contributed by atoms with E-state index in [1.807, 2.05) is 36.1 Å². The van der Waals surface area contributed by atoms with Gasteiger partial charge in [-0.15, -0.1) is 11.3 Å². The molecule has 2 aliphatic rings. The molecule has 1 amide bonds. The van der Waals surface area contributed by atoms with Gasteiger partial charge in [0.1, 0.15) is 19.3 Å². The molecular formula is C23H30IN3O2S. The summed E-state index contributed by atoms with van der Waals surface area (Å²) >= 11 is 3.71. The smallest absolute Gasteiger partial charge is 0.266 e. The van der Waals surface area contributed by atoms with Crippen molar-refractivity contribution in [2.24, 2.45) is 0 Å². The summed E-state index contributed by atoms with van der Waals surface area (Å²) in [6.07, 6.45) is 7.57. The topological polar surface area (TPSA) is 45.7 Å². The Bertz CT molecular complexity index is 839. The van der Waals surface area contributed by atoms with Gasteiger partial charge in [-0.25, -0.2) is 4.98 Å². The minimum Gasteiger partial charge on any atom is -0.494 e. The lowest BCUT2D eigenvalue weighted by atomic mass is 10.0. The number of hydrogen-bond acceptors (Lipinski definition) is 5. The first-order chi connectivity index (χ1) is 14.7. The summed E-state index contributed by atoms with van der Waals surface area (Å²) in [4.78, 5) is 23.4. The third-order valence-corrected chi connectivity index (χ3v) is 8.34. The van der Waals surface area contributed by atoms with Crippen molar-refractivity contribution in [2.45, 2.75) is 51.5 Å². The van der Waals surface area contributed by atoms with Gasteiger partial charge in [0.25, 0.3) is 5.91 Å². The minimum atomic E-state index is 0.142. The molecule has 2 aliphatic heterocycles. The SMILES string of the molecule is CCOc1ccc(-c2nc(I)c(C(=O)N3CCC(N4CCCCCC4)CC3)s2)cc1. The van der Waals surface area contributed by atoms with Gasteiger partial charge in [-0.1, -0.05) is 12.8 Å². The number of rotatable bonds is 5. The Hall–Kier alpha value is -1.19. The number of carbonyl (C=O) groups excluding carboxylic acids is 1. The average Bonchev–Trinajstić information content (AvgIpc) is 2.98. The van der Waals surface area contributed by atoms with Crippen molar-refractivity contribution in [1.82, 2.24) is 14.8 Å². The molecule has 0 spiro atoms. The van der Waals surface area contributed by atoms with E-state index in [0.29, 0.717) is 12.6 Å². The van der Waals surface area contributed by atoms with Crippen LogP contribution in [0.3, 0.4) is 0 Å². The normalized spacial score (nSPS) is 18.9. The van der Waals surface area contributed by atoms with Gasteiger partial charge in [-0.2, -0.15) is 0 Å². The van der Waals surface area contributed by atoms with Crippen LogP contribution < -0.4 is 4.74 Å². The van der Waals surface area contributed by atoms with E-state index in [1.165, 1.54) is 50.1 Å². The Kier molecular flexibility index (Phi) is 7.64. The number of thiazole rings is 1. The van der Waals surface area contributed by atoms with Crippen LogP contribution in [0.25, 0.3) is 10.6 Å². The lowest BCUT2D eigenvalue weighted by Crippen LogP contribution is -2.47. The molecule has 2 aromatic rings. The van der Waals surface area contributed by atoms with Crippen molar-refractivity contribution in [1.29, 1.82) is 0 Å². The maximum absolute atomic E-state index is 13.2. The average molecular weight is 539 g/mol. The van der Waals surface area contributed by atoms with Crippen molar-refractivity contribution in [2.75, 3.05) is 32.8 Å². The first kappa shape index (κ1) is 22.0.